The Morgan fingerprint density at radius 3 is 2.80 bits per heavy atom. The molecule has 1 fully saturated rings. The molecule has 1 atom stereocenters. The average molecular weight is 282 g/mol. The van der Waals surface area contributed by atoms with Gasteiger partial charge in [-0.15, -0.1) is 0 Å². The van der Waals surface area contributed by atoms with Crippen LogP contribution in [0.2, 0.25) is 0 Å². The van der Waals surface area contributed by atoms with Crippen molar-refractivity contribution in [3.63, 3.8) is 0 Å². The van der Waals surface area contributed by atoms with Gasteiger partial charge in [0.05, 0.1) is 17.9 Å². The van der Waals surface area contributed by atoms with Crippen LogP contribution in [-0.4, -0.2) is 48.3 Å². The van der Waals surface area contributed by atoms with Crippen LogP contribution in [0, 0.1) is 0 Å². The Balaban J connectivity index is 1.83. The standard InChI is InChI=1S/C13H22N4O3/c1-9(13(19-2)20-3)15-11-6-14-17(7-11)8-12(18)16-10-4-5-10/h6-7,9-10,13,15H,4-5,8H2,1-3H3,(H,16,18). The monoisotopic (exact) mass is 282 g/mol. The van der Waals surface area contributed by atoms with Crippen molar-refractivity contribution in [3.05, 3.63) is 12.4 Å². The third kappa shape index (κ3) is 4.21. The van der Waals surface area contributed by atoms with E-state index in [2.05, 4.69) is 15.7 Å². The van der Waals surface area contributed by atoms with Crippen molar-refractivity contribution in [2.75, 3.05) is 19.5 Å². The number of amides is 1. The summed E-state index contributed by atoms with van der Waals surface area (Å²) in [5.74, 6) is 0.00172. The van der Waals surface area contributed by atoms with E-state index in [0.717, 1.165) is 18.5 Å². The average Bonchev–Trinajstić information content (AvgIpc) is 3.11. The molecule has 7 heteroatoms. The van der Waals surface area contributed by atoms with Crippen LogP contribution in [0.5, 0.6) is 0 Å². The highest BCUT2D eigenvalue weighted by Gasteiger charge is 2.23. The van der Waals surface area contributed by atoms with Gasteiger partial charge in [-0.05, 0) is 19.8 Å². The van der Waals surface area contributed by atoms with Gasteiger partial charge in [0.2, 0.25) is 5.91 Å². The zero-order valence-electron chi connectivity index (χ0n) is 12.1. The predicted molar refractivity (Wildman–Crippen MR) is 74.3 cm³/mol. The van der Waals surface area contributed by atoms with E-state index in [1.807, 2.05) is 6.92 Å². The maximum atomic E-state index is 11.7. The van der Waals surface area contributed by atoms with E-state index in [-0.39, 0.29) is 24.8 Å². The molecule has 2 N–H and O–H groups in total. The molecular weight excluding hydrogens is 260 g/mol. The molecule has 0 spiro atoms. The summed E-state index contributed by atoms with van der Waals surface area (Å²) in [6.07, 6.45) is 5.32. The molecule has 0 saturated heterocycles. The summed E-state index contributed by atoms with van der Waals surface area (Å²) in [6.45, 7) is 2.19. The minimum Gasteiger partial charge on any atom is -0.375 e. The summed E-state index contributed by atoms with van der Waals surface area (Å²) in [7, 11) is 3.19. The number of aromatic nitrogens is 2. The maximum absolute atomic E-state index is 11.7. The fourth-order valence-corrected chi connectivity index (χ4v) is 2.01. The van der Waals surface area contributed by atoms with Gasteiger partial charge >= 0.3 is 0 Å². The fourth-order valence-electron chi connectivity index (χ4n) is 2.01. The first-order chi connectivity index (χ1) is 9.62. The highest BCUT2D eigenvalue weighted by molar-refractivity contribution is 5.76. The van der Waals surface area contributed by atoms with Gasteiger partial charge in [-0.3, -0.25) is 9.48 Å². The van der Waals surface area contributed by atoms with E-state index in [4.69, 9.17) is 9.47 Å². The number of nitrogens with zero attached hydrogens (tertiary/aromatic N) is 2. The molecule has 0 aliphatic heterocycles. The van der Waals surface area contributed by atoms with Crippen molar-refractivity contribution in [2.24, 2.45) is 0 Å². The van der Waals surface area contributed by atoms with Gasteiger partial charge in [0.1, 0.15) is 6.54 Å². The van der Waals surface area contributed by atoms with Gasteiger partial charge < -0.3 is 20.1 Å². The number of rotatable bonds is 8. The summed E-state index contributed by atoms with van der Waals surface area (Å²) in [6, 6.07) is 0.350. The van der Waals surface area contributed by atoms with Crippen LogP contribution >= 0.6 is 0 Å². The predicted octanol–water partition coefficient (Wildman–Crippen LogP) is 0.581. The van der Waals surface area contributed by atoms with Crippen molar-refractivity contribution < 1.29 is 14.3 Å². The third-order valence-electron chi connectivity index (χ3n) is 3.15. The molecule has 1 amide bonds. The van der Waals surface area contributed by atoms with E-state index in [9.17, 15) is 4.79 Å². The smallest absolute Gasteiger partial charge is 0.241 e. The van der Waals surface area contributed by atoms with Gasteiger partial charge in [-0.1, -0.05) is 0 Å². The molecule has 0 bridgehead atoms. The second kappa shape index (κ2) is 6.71. The first-order valence-corrected chi connectivity index (χ1v) is 6.76. The SMILES string of the molecule is COC(OC)C(C)Nc1cnn(CC(=O)NC2CC2)c1. The van der Waals surface area contributed by atoms with E-state index in [1.54, 1.807) is 31.3 Å². The van der Waals surface area contributed by atoms with Crippen LogP contribution in [0.4, 0.5) is 5.69 Å². The molecule has 1 unspecified atom stereocenters. The van der Waals surface area contributed by atoms with Crippen LogP contribution in [0.15, 0.2) is 12.4 Å². The summed E-state index contributed by atoms with van der Waals surface area (Å²) in [4.78, 5) is 11.7. The number of hydrogen-bond donors (Lipinski definition) is 2. The highest BCUT2D eigenvalue weighted by Crippen LogP contribution is 2.18. The van der Waals surface area contributed by atoms with Gasteiger partial charge in [-0.25, -0.2) is 0 Å². The molecule has 1 aliphatic rings. The second-order valence-electron chi connectivity index (χ2n) is 5.04. The lowest BCUT2D eigenvalue weighted by Gasteiger charge is -2.22. The van der Waals surface area contributed by atoms with Crippen LogP contribution in [0.25, 0.3) is 0 Å². The summed E-state index contributed by atoms with van der Waals surface area (Å²) < 4.78 is 12.0. The maximum Gasteiger partial charge on any atom is 0.241 e. The lowest BCUT2D eigenvalue weighted by Crippen LogP contribution is -2.33. The minimum absolute atomic E-state index is 0.00172. The number of methoxy groups -OCH3 is 2. The number of hydrogen-bond acceptors (Lipinski definition) is 5. The minimum atomic E-state index is -0.337. The quantitative estimate of drug-likeness (QED) is 0.682. The molecule has 0 aromatic carbocycles. The number of ether oxygens (including phenoxy) is 2. The number of carbonyl (C=O) groups excluding carboxylic acids is 1. The zero-order valence-corrected chi connectivity index (χ0v) is 12.1. The number of nitrogens with one attached hydrogen (secondary N) is 2. The molecular formula is C13H22N4O3. The molecule has 1 heterocycles. The van der Waals surface area contributed by atoms with E-state index >= 15 is 0 Å². The lowest BCUT2D eigenvalue weighted by atomic mass is 10.3. The van der Waals surface area contributed by atoms with Crippen LogP contribution < -0.4 is 10.6 Å². The highest BCUT2D eigenvalue weighted by atomic mass is 16.7. The van der Waals surface area contributed by atoms with Gasteiger partial charge in [-0.2, -0.15) is 5.10 Å². The van der Waals surface area contributed by atoms with Crippen LogP contribution in [0.3, 0.4) is 0 Å². The summed E-state index contributed by atoms with van der Waals surface area (Å²) >= 11 is 0. The van der Waals surface area contributed by atoms with E-state index in [0.29, 0.717) is 6.04 Å². The molecule has 0 radical (unpaired) electrons. The molecule has 1 aromatic heterocycles. The Morgan fingerprint density at radius 1 is 1.50 bits per heavy atom. The Bertz CT molecular complexity index is 441. The third-order valence-corrected chi connectivity index (χ3v) is 3.15. The molecule has 1 aliphatic carbocycles. The van der Waals surface area contributed by atoms with Crippen molar-refractivity contribution in [2.45, 2.75) is 44.7 Å². The van der Waals surface area contributed by atoms with Crippen LogP contribution in [0.1, 0.15) is 19.8 Å². The lowest BCUT2D eigenvalue weighted by molar-refractivity contribution is -0.122. The Kier molecular flexibility index (Phi) is 4.97. The molecule has 2 rings (SSSR count). The van der Waals surface area contributed by atoms with Crippen molar-refractivity contribution in [3.8, 4) is 0 Å². The normalized spacial score (nSPS) is 16.2. The molecule has 112 valence electrons. The van der Waals surface area contributed by atoms with Crippen LogP contribution in [-0.2, 0) is 20.8 Å². The first kappa shape index (κ1) is 14.8. The Morgan fingerprint density at radius 2 is 2.20 bits per heavy atom. The molecule has 7 nitrogen and oxygen atoms in total. The van der Waals surface area contributed by atoms with E-state index < -0.39 is 0 Å². The van der Waals surface area contributed by atoms with Gasteiger partial charge in [0.25, 0.3) is 0 Å². The van der Waals surface area contributed by atoms with Gasteiger partial charge in [0, 0.05) is 26.5 Å². The molecule has 1 aromatic rings. The van der Waals surface area contributed by atoms with Crippen molar-refractivity contribution in [1.29, 1.82) is 0 Å². The van der Waals surface area contributed by atoms with Gasteiger partial charge in [0.15, 0.2) is 6.29 Å². The van der Waals surface area contributed by atoms with E-state index in [1.165, 1.54) is 0 Å². The second-order valence-corrected chi connectivity index (χ2v) is 5.04. The van der Waals surface area contributed by atoms with Crippen molar-refractivity contribution in [1.82, 2.24) is 15.1 Å². The fraction of sp³-hybridized carbons (Fsp3) is 0.692. The number of anilines is 1. The van der Waals surface area contributed by atoms with Crippen molar-refractivity contribution >= 4 is 11.6 Å². The summed E-state index contributed by atoms with van der Waals surface area (Å²) in [5.41, 5.74) is 0.829. The molecule has 1 saturated carbocycles. The Labute approximate surface area is 118 Å². The summed E-state index contributed by atoms with van der Waals surface area (Å²) in [5, 5.41) is 10.3. The zero-order chi connectivity index (χ0) is 14.5. The topological polar surface area (TPSA) is 77.4 Å². The first-order valence-electron chi connectivity index (χ1n) is 6.76. The molecule has 20 heavy (non-hydrogen) atoms. The Hall–Kier alpha value is -1.60. The number of carbonyl (C=O) groups is 1. The largest absolute Gasteiger partial charge is 0.375 e.